The lowest BCUT2D eigenvalue weighted by Crippen LogP contribution is -2.40. The maximum atomic E-state index is 13.3. The van der Waals surface area contributed by atoms with Gasteiger partial charge in [0.2, 0.25) is 5.91 Å². The number of rotatable bonds is 6. The molecule has 1 aromatic carbocycles. The summed E-state index contributed by atoms with van der Waals surface area (Å²) in [7, 11) is 0. The molecule has 7 heteroatoms. The molecule has 0 atom stereocenters. The molecule has 2 rings (SSSR count). The topological polar surface area (TPSA) is 62.3 Å². The molecule has 0 spiro atoms. The van der Waals surface area contributed by atoms with Crippen molar-refractivity contribution in [2.75, 3.05) is 18.4 Å². The summed E-state index contributed by atoms with van der Waals surface area (Å²) >= 11 is 1.37. The molecule has 0 unspecified atom stereocenters. The fourth-order valence-corrected chi connectivity index (χ4v) is 2.89. The van der Waals surface area contributed by atoms with Gasteiger partial charge >= 0.3 is 0 Å². The molecule has 0 aliphatic rings. The van der Waals surface area contributed by atoms with E-state index in [1.54, 1.807) is 12.3 Å². The van der Waals surface area contributed by atoms with Crippen molar-refractivity contribution in [2.24, 2.45) is 5.92 Å². The van der Waals surface area contributed by atoms with E-state index in [-0.39, 0.29) is 29.8 Å². The van der Waals surface area contributed by atoms with Crippen LogP contribution in [0.25, 0.3) is 0 Å². The van der Waals surface area contributed by atoms with Gasteiger partial charge in [-0.15, -0.1) is 11.3 Å². The minimum Gasteiger partial charge on any atom is -0.329 e. The number of anilines is 1. The quantitative estimate of drug-likeness (QED) is 0.870. The zero-order chi connectivity index (χ0) is 17.7. The van der Waals surface area contributed by atoms with Gasteiger partial charge in [0, 0.05) is 23.2 Å². The van der Waals surface area contributed by atoms with Crippen LogP contribution in [0.2, 0.25) is 0 Å². The molecule has 2 amide bonds. The van der Waals surface area contributed by atoms with Gasteiger partial charge in [-0.1, -0.05) is 19.9 Å². The molecule has 128 valence electrons. The zero-order valence-electron chi connectivity index (χ0n) is 13.9. The van der Waals surface area contributed by atoms with Crippen LogP contribution in [0.15, 0.2) is 30.5 Å². The average Bonchev–Trinajstić information content (AvgIpc) is 2.90. The third kappa shape index (κ3) is 5.13. The molecule has 0 fully saturated rings. The van der Waals surface area contributed by atoms with Crippen molar-refractivity contribution in [1.29, 1.82) is 0 Å². The maximum Gasteiger partial charge on any atom is 0.254 e. The van der Waals surface area contributed by atoms with E-state index in [9.17, 15) is 14.0 Å². The normalized spacial score (nSPS) is 10.7. The molecule has 1 aromatic heterocycles. The summed E-state index contributed by atoms with van der Waals surface area (Å²) in [6.45, 7) is 6.10. The van der Waals surface area contributed by atoms with Gasteiger partial charge in [0.15, 0.2) is 5.13 Å². The molecule has 24 heavy (non-hydrogen) atoms. The van der Waals surface area contributed by atoms with Crippen molar-refractivity contribution in [3.8, 4) is 0 Å². The molecular weight excluding hydrogens is 329 g/mol. The molecule has 0 bridgehead atoms. The number of hydrogen-bond donors (Lipinski definition) is 1. The molecule has 0 radical (unpaired) electrons. The van der Waals surface area contributed by atoms with E-state index in [4.69, 9.17) is 0 Å². The number of carbonyl (C=O) groups excluding carboxylic acids is 2. The molecule has 5 nitrogen and oxygen atoms in total. The van der Waals surface area contributed by atoms with Crippen LogP contribution in [0.1, 0.15) is 29.1 Å². The Hall–Kier alpha value is -2.28. The van der Waals surface area contributed by atoms with Crippen molar-refractivity contribution >= 4 is 28.3 Å². The van der Waals surface area contributed by atoms with Gasteiger partial charge in [-0.05, 0) is 31.0 Å². The smallest absolute Gasteiger partial charge is 0.254 e. The standard InChI is InChI=1S/C17H20FN3O2S/c1-11(2)9-21(16(23)13-5-4-6-14(18)7-13)10-15(22)20-17-19-8-12(3)24-17/h4-8,11H,9-10H2,1-3H3,(H,19,20,22). The van der Waals surface area contributed by atoms with Gasteiger partial charge in [-0.3, -0.25) is 9.59 Å². The van der Waals surface area contributed by atoms with Crippen LogP contribution in [-0.2, 0) is 4.79 Å². The molecule has 0 aliphatic heterocycles. The highest BCUT2D eigenvalue weighted by molar-refractivity contribution is 7.15. The van der Waals surface area contributed by atoms with Gasteiger partial charge < -0.3 is 10.2 Å². The second-order valence-electron chi connectivity index (χ2n) is 5.91. The Morgan fingerprint density at radius 2 is 2.12 bits per heavy atom. The van der Waals surface area contributed by atoms with Crippen molar-refractivity contribution in [2.45, 2.75) is 20.8 Å². The van der Waals surface area contributed by atoms with E-state index in [0.717, 1.165) is 4.88 Å². The predicted octanol–water partition coefficient (Wildman–Crippen LogP) is 3.33. The predicted molar refractivity (Wildman–Crippen MR) is 92.6 cm³/mol. The molecule has 1 heterocycles. The largest absolute Gasteiger partial charge is 0.329 e. The van der Waals surface area contributed by atoms with Gasteiger partial charge in [0.05, 0.1) is 0 Å². The van der Waals surface area contributed by atoms with E-state index < -0.39 is 5.82 Å². The van der Waals surface area contributed by atoms with Gasteiger partial charge in [-0.25, -0.2) is 9.37 Å². The first-order valence-electron chi connectivity index (χ1n) is 7.62. The van der Waals surface area contributed by atoms with E-state index in [1.807, 2.05) is 20.8 Å². The number of nitrogens with one attached hydrogen (secondary N) is 1. The summed E-state index contributed by atoms with van der Waals surface area (Å²) < 4.78 is 13.3. The molecular formula is C17H20FN3O2S. The average molecular weight is 349 g/mol. The summed E-state index contributed by atoms with van der Waals surface area (Å²) in [6, 6.07) is 5.48. The fraction of sp³-hybridized carbons (Fsp3) is 0.353. The summed E-state index contributed by atoms with van der Waals surface area (Å²) in [5.74, 6) is -0.992. The second-order valence-corrected chi connectivity index (χ2v) is 7.15. The Labute approximate surface area is 144 Å². The minimum absolute atomic E-state index is 0.105. The van der Waals surface area contributed by atoms with Gasteiger partial charge in [0.1, 0.15) is 12.4 Å². The Morgan fingerprint density at radius 1 is 1.38 bits per heavy atom. The Morgan fingerprint density at radius 3 is 2.71 bits per heavy atom. The first-order chi connectivity index (χ1) is 11.3. The van der Waals surface area contributed by atoms with Crippen LogP contribution in [0.4, 0.5) is 9.52 Å². The monoisotopic (exact) mass is 349 g/mol. The molecule has 0 aliphatic carbocycles. The zero-order valence-corrected chi connectivity index (χ0v) is 14.7. The van der Waals surface area contributed by atoms with Crippen LogP contribution < -0.4 is 5.32 Å². The number of benzene rings is 1. The fourth-order valence-electron chi connectivity index (χ4n) is 2.21. The highest BCUT2D eigenvalue weighted by atomic mass is 32.1. The molecule has 0 saturated carbocycles. The van der Waals surface area contributed by atoms with Crippen molar-refractivity contribution < 1.29 is 14.0 Å². The minimum atomic E-state index is -0.479. The van der Waals surface area contributed by atoms with E-state index in [0.29, 0.717) is 11.7 Å². The number of aryl methyl sites for hydroxylation is 1. The first-order valence-corrected chi connectivity index (χ1v) is 8.44. The number of thiazole rings is 1. The second kappa shape index (κ2) is 8.01. The Balaban J connectivity index is 2.09. The Kier molecular flexibility index (Phi) is 6.03. The molecule has 2 aromatic rings. The van der Waals surface area contributed by atoms with E-state index >= 15 is 0 Å². The van der Waals surface area contributed by atoms with Crippen molar-refractivity contribution in [3.63, 3.8) is 0 Å². The first kappa shape index (κ1) is 18.1. The SMILES string of the molecule is Cc1cnc(NC(=O)CN(CC(C)C)C(=O)c2cccc(F)c2)s1. The van der Waals surface area contributed by atoms with Crippen LogP contribution in [-0.4, -0.2) is 34.8 Å². The number of halogens is 1. The van der Waals surface area contributed by atoms with E-state index in [1.165, 1.54) is 34.4 Å². The van der Waals surface area contributed by atoms with Crippen LogP contribution in [0.5, 0.6) is 0 Å². The Bertz CT molecular complexity index is 730. The number of aromatic nitrogens is 1. The maximum absolute atomic E-state index is 13.3. The van der Waals surface area contributed by atoms with Crippen LogP contribution in [0, 0.1) is 18.7 Å². The molecule has 0 saturated heterocycles. The van der Waals surface area contributed by atoms with E-state index in [2.05, 4.69) is 10.3 Å². The van der Waals surface area contributed by atoms with Crippen LogP contribution in [0.3, 0.4) is 0 Å². The third-order valence-corrected chi connectivity index (χ3v) is 3.97. The van der Waals surface area contributed by atoms with Crippen LogP contribution >= 0.6 is 11.3 Å². The lowest BCUT2D eigenvalue weighted by molar-refractivity contribution is -0.117. The highest BCUT2D eigenvalue weighted by Crippen LogP contribution is 2.16. The lowest BCUT2D eigenvalue weighted by Gasteiger charge is -2.24. The summed E-state index contributed by atoms with van der Waals surface area (Å²) in [6.07, 6.45) is 1.67. The van der Waals surface area contributed by atoms with Crippen molar-refractivity contribution in [1.82, 2.24) is 9.88 Å². The number of nitrogens with zero attached hydrogens (tertiary/aromatic N) is 2. The molecule has 1 N–H and O–H groups in total. The number of hydrogen-bond acceptors (Lipinski definition) is 4. The van der Waals surface area contributed by atoms with Gasteiger partial charge in [0.25, 0.3) is 5.91 Å². The van der Waals surface area contributed by atoms with Gasteiger partial charge in [-0.2, -0.15) is 0 Å². The highest BCUT2D eigenvalue weighted by Gasteiger charge is 2.20. The number of amides is 2. The third-order valence-electron chi connectivity index (χ3n) is 3.15. The summed E-state index contributed by atoms with van der Waals surface area (Å²) in [5.41, 5.74) is 0.230. The summed E-state index contributed by atoms with van der Waals surface area (Å²) in [4.78, 5) is 31.3. The lowest BCUT2D eigenvalue weighted by atomic mass is 10.1. The number of carbonyl (C=O) groups is 2. The van der Waals surface area contributed by atoms with Crippen molar-refractivity contribution in [3.05, 3.63) is 46.7 Å². The summed E-state index contributed by atoms with van der Waals surface area (Å²) in [5, 5.41) is 3.18.